The van der Waals surface area contributed by atoms with Gasteiger partial charge >= 0.3 is 5.97 Å². The highest BCUT2D eigenvalue weighted by molar-refractivity contribution is 5.77. The number of amides is 1. The average Bonchev–Trinajstić information content (AvgIpc) is 2.12. The predicted molar refractivity (Wildman–Crippen MR) is 56.5 cm³/mol. The van der Waals surface area contributed by atoms with Crippen molar-refractivity contribution in [1.29, 1.82) is 0 Å². The Hall–Kier alpha value is -1.06. The summed E-state index contributed by atoms with van der Waals surface area (Å²) in [5, 5.41) is 8.54. The number of nitrogens with zero attached hydrogens (tertiary/aromatic N) is 1. The van der Waals surface area contributed by atoms with E-state index in [4.69, 9.17) is 5.11 Å². The molecule has 15 heavy (non-hydrogen) atoms. The van der Waals surface area contributed by atoms with Gasteiger partial charge in [0, 0.05) is 19.5 Å². The van der Waals surface area contributed by atoms with Gasteiger partial charge in [-0.3, -0.25) is 9.59 Å². The summed E-state index contributed by atoms with van der Waals surface area (Å²) in [6.45, 7) is 2.84. The summed E-state index contributed by atoms with van der Waals surface area (Å²) in [6, 6.07) is 0. The first-order chi connectivity index (χ1) is 7.13. The molecule has 1 saturated carbocycles. The van der Waals surface area contributed by atoms with Crippen LogP contribution in [0.25, 0.3) is 0 Å². The number of rotatable bonds is 6. The lowest BCUT2D eigenvalue weighted by Gasteiger charge is -2.28. The molecule has 0 radical (unpaired) electrons. The van der Waals surface area contributed by atoms with E-state index in [1.165, 1.54) is 6.42 Å². The highest BCUT2D eigenvalue weighted by Gasteiger charge is 2.23. The number of carbonyl (C=O) groups excluding carboxylic acids is 1. The van der Waals surface area contributed by atoms with E-state index in [9.17, 15) is 9.59 Å². The minimum Gasteiger partial charge on any atom is -0.481 e. The number of carboxylic acids is 1. The van der Waals surface area contributed by atoms with Gasteiger partial charge in [0.1, 0.15) is 0 Å². The molecule has 1 aliphatic rings. The van der Waals surface area contributed by atoms with Crippen LogP contribution in [0.1, 0.15) is 39.0 Å². The summed E-state index contributed by atoms with van der Waals surface area (Å²) < 4.78 is 0. The Morgan fingerprint density at radius 3 is 2.47 bits per heavy atom. The third-order valence-electron chi connectivity index (χ3n) is 3.02. The van der Waals surface area contributed by atoms with Crippen molar-refractivity contribution in [2.45, 2.75) is 39.0 Å². The molecular weight excluding hydrogens is 194 g/mol. The van der Waals surface area contributed by atoms with Crippen LogP contribution in [0.3, 0.4) is 0 Å². The zero-order valence-electron chi connectivity index (χ0n) is 9.24. The van der Waals surface area contributed by atoms with E-state index in [1.807, 2.05) is 6.92 Å². The molecule has 4 heteroatoms. The zero-order chi connectivity index (χ0) is 11.3. The second kappa shape index (κ2) is 5.73. The fourth-order valence-electron chi connectivity index (χ4n) is 1.76. The Bertz CT molecular complexity index is 236. The number of aliphatic carboxylic acids is 1. The number of carboxylic acid groups (broad SMARTS) is 1. The van der Waals surface area contributed by atoms with E-state index in [0.29, 0.717) is 25.4 Å². The maximum absolute atomic E-state index is 11.7. The van der Waals surface area contributed by atoms with Gasteiger partial charge in [-0.1, -0.05) is 6.42 Å². The summed E-state index contributed by atoms with van der Waals surface area (Å²) in [4.78, 5) is 23.8. The molecule has 1 N–H and O–H groups in total. The second-order valence-electron chi connectivity index (χ2n) is 4.12. The van der Waals surface area contributed by atoms with Crippen molar-refractivity contribution in [2.75, 3.05) is 13.1 Å². The van der Waals surface area contributed by atoms with Crippen LogP contribution in [-0.2, 0) is 9.59 Å². The van der Waals surface area contributed by atoms with E-state index in [-0.39, 0.29) is 12.3 Å². The molecule has 1 amide bonds. The van der Waals surface area contributed by atoms with Gasteiger partial charge in [-0.2, -0.15) is 0 Å². The van der Waals surface area contributed by atoms with Gasteiger partial charge in [0.25, 0.3) is 0 Å². The lowest BCUT2D eigenvalue weighted by Crippen LogP contribution is -2.34. The van der Waals surface area contributed by atoms with Crippen LogP contribution in [0.4, 0.5) is 0 Å². The molecule has 0 aromatic carbocycles. The van der Waals surface area contributed by atoms with Gasteiger partial charge in [-0.25, -0.2) is 0 Å². The first-order valence-electron chi connectivity index (χ1n) is 5.63. The van der Waals surface area contributed by atoms with Crippen molar-refractivity contribution < 1.29 is 14.7 Å². The van der Waals surface area contributed by atoms with Gasteiger partial charge in [0.15, 0.2) is 0 Å². The fraction of sp³-hybridized carbons (Fsp3) is 0.818. The molecule has 0 spiro atoms. The predicted octanol–water partition coefficient (Wildman–Crippen LogP) is 1.50. The topological polar surface area (TPSA) is 57.6 Å². The Morgan fingerprint density at radius 1 is 1.40 bits per heavy atom. The molecule has 1 aliphatic carbocycles. The highest BCUT2D eigenvalue weighted by Crippen LogP contribution is 2.29. The number of carbonyl (C=O) groups is 2. The molecule has 0 aromatic rings. The number of hydrogen-bond donors (Lipinski definition) is 1. The van der Waals surface area contributed by atoms with Crippen molar-refractivity contribution in [3.63, 3.8) is 0 Å². The molecule has 0 saturated heterocycles. The Labute approximate surface area is 90.3 Å². The van der Waals surface area contributed by atoms with E-state index in [0.717, 1.165) is 12.8 Å². The molecule has 1 fully saturated rings. The van der Waals surface area contributed by atoms with Crippen LogP contribution in [-0.4, -0.2) is 35.0 Å². The quantitative estimate of drug-likeness (QED) is 0.727. The van der Waals surface area contributed by atoms with Crippen LogP contribution >= 0.6 is 0 Å². The van der Waals surface area contributed by atoms with Crippen LogP contribution in [0.5, 0.6) is 0 Å². The third-order valence-corrected chi connectivity index (χ3v) is 3.02. The fourth-order valence-corrected chi connectivity index (χ4v) is 1.76. The number of hydrogen-bond acceptors (Lipinski definition) is 2. The van der Waals surface area contributed by atoms with Crippen molar-refractivity contribution in [1.82, 2.24) is 4.90 Å². The summed E-state index contributed by atoms with van der Waals surface area (Å²) in [5.41, 5.74) is 0. The van der Waals surface area contributed by atoms with Gasteiger partial charge < -0.3 is 10.0 Å². The Kier molecular flexibility index (Phi) is 4.59. The molecule has 0 heterocycles. The molecule has 86 valence electrons. The van der Waals surface area contributed by atoms with E-state index >= 15 is 0 Å². The molecular formula is C11H19NO3. The van der Waals surface area contributed by atoms with Crippen molar-refractivity contribution >= 4 is 11.9 Å². The smallest absolute Gasteiger partial charge is 0.305 e. The zero-order valence-corrected chi connectivity index (χ0v) is 9.24. The average molecular weight is 213 g/mol. The van der Waals surface area contributed by atoms with Crippen molar-refractivity contribution in [3.05, 3.63) is 0 Å². The third kappa shape index (κ3) is 3.90. The van der Waals surface area contributed by atoms with Crippen LogP contribution < -0.4 is 0 Å². The van der Waals surface area contributed by atoms with Gasteiger partial charge in [-0.15, -0.1) is 0 Å². The first-order valence-corrected chi connectivity index (χ1v) is 5.63. The van der Waals surface area contributed by atoms with Crippen LogP contribution in [0.15, 0.2) is 0 Å². The molecule has 1 rings (SSSR count). The lowest BCUT2D eigenvalue weighted by molar-refractivity contribution is -0.138. The van der Waals surface area contributed by atoms with E-state index in [1.54, 1.807) is 4.90 Å². The molecule has 0 aliphatic heterocycles. The maximum atomic E-state index is 11.7. The highest BCUT2D eigenvalue weighted by atomic mass is 16.4. The Morgan fingerprint density at radius 2 is 2.07 bits per heavy atom. The monoisotopic (exact) mass is 213 g/mol. The van der Waals surface area contributed by atoms with Gasteiger partial charge in [0.05, 0.1) is 6.42 Å². The van der Waals surface area contributed by atoms with Gasteiger partial charge in [0.2, 0.25) is 5.91 Å². The molecule has 0 atom stereocenters. The maximum Gasteiger partial charge on any atom is 0.305 e. The summed E-state index contributed by atoms with van der Waals surface area (Å²) in [6.07, 6.45) is 4.20. The first kappa shape index (κ1) is 12.0. The van der Waals surface area contributed by atoms with Crippen LogP contribution in [0, 0.1) is 5.92 Å². The second-order valence-corrected chi connectivity index (χ2v) is 4.12. The van der Waals surface area contributed by atoms with Crippen molar-refractivity contribution in [2.24, 2.45) is 5.92 Å². The largest absolute Gasteiger partial charge is 0.481 e. The summed E-state index contributed by atoms with van der Waals surface area (Å²) in [5.74, 6) is -0.176. The molecule has 4 nitrogen and oxygen atoms in total. The minimum atomic E-state index is -0.843. The minimum absolute atomic E-state index is 0.0459. The van der Waals surface area contributed by atoms with E-state index in [2.05, 4.69) is 0 Å². The summed E-state index contributed by atoms with van der Waals surface area (Å²) in [7, 11) is 0. The summed E-state index contributed by atoms with van der Waals surface area (Å²) >= 11 is 0. The van der Waals surface area contributed by atoms with Crippen molar-refractivity contribution in [3.8, 4) is 0 Å². The van der Waals surface area contributed by atoms with E-state index < -0.39 is 5.97 Å². The lowest BCUT2D eigenvalue weighted by atomic mass is 9.82. The molecule has 0 unspecified atom stereocenters. The van der Waals surface area contributed by atoms with Gasteiger partial charge in [-0.05, 0) is 25.7 Å². The normalized spacial score (nSPS) is 15.8. The SMILES string of the molecule is CCN(CCC(=O)O)C(=O)CC1CCC1. The Balaban J connectivity index is 2.28. The standard InChI is InChI=1S/C11H19NO3/c1-2-12(7-6-11(14)15)10(13)8-9-4-3-5-9/h9H,2-8H2,1H3,(H,14,15). The molecule has 0 aromatic heterocycles. The molecule has 0 bridgehead atoms. The van der Waals surface area contributed by atoms with Crippen LogP contribution in [0.2, 0.25) is 0 Å².